The fourth-order valence-electron chi connectivity index (χ4n) is 4.18. The number of hydrogen-bond acceptors (Lipinski definition) is 6. The molecular weight excluding hydrogens is 430 g/mol. The number of halogens is 2. The van der Waals surface area contributed by atoms with Crippen LogP contribution in [0.4, 0.5) is 19.4 Å². The third-order valence-electron chi connectivity index (χ3n) is 5.93. The molecule has 0 aliphatic carbocycles. The van der Waals surface area contributed by atoms with Gasteiger partial charge in [0.1, 0.15) is 11.9 Å². The molecule has 9 heteroatoms. The van der Waals surface area contributed by atoms with E-state index in [9.17, 15) is 13.6 Å². The third kappa shape index (κ3) is 4.45. The van der Waals surface area contributed by atoms with Crippen LogP contribution in [0.15, 0.2) is 42.5 Å². The number of carbonyl (C=O) groups is 1. The Morgan fingerprint density at radius 1 is 1.24 bits per heavy atom. The largest absolute Gasteiger partial charge is 0.444 e. The molecule has 1 amide bonds. The number of hydrogen-bond donors (Lipinski definition) is 1. The van der Waals surface area contributed by atoms with Gasteiger partial charge in [-0.3, -0.25) is 0 Å². The van der Waals surface area contributed by atoms with Gasteiger partial charge in [0.2, 0.25) is 0 Å². The van der Waals surface area contributed by atoms with Gasteiger partial charge in [0.05, 0.1) is 24.8 Å². The van der Waals surface area contributed by atoms with Gasteiger partial charge < -0.3 is 19.7 Å². The van der Waals surface area contributed by atoms with Crippen LogP contribution in [0.3, 0.4) is 0 Å². The lowest BCUT2D eigenvalue weighted by Crippen LogP contribution is -2.60. The zero-order chi connectivity index (χ0) is 22.9. The molecule has 2 fully saturated rings. The number of carbonyl (C=O) groups excluding carboxylic acids is 1. The van der Waals surface area contributed by atoms with Crippen LogP contribution in [0.2, 0.25) is 0 Å². The molecule has 3 heterocycles. The second kappa shape index (κ2) is 8.90. The maximum absolute atomic E-state index is 13.6. The average Bonchev–Trinajstić information content (AvgIpc) is 3.28. The van der Waals surface area contributed by atoms with Gasteiger partial charge in [-0.25, -0.2) is 23.5 Å². The fraction of sp³-hybridized carbons (Fsp3) is 0.375. The molecule has 2 aromatic carbocycles. The molecule has 2 aliphatic heterocycles. The van der Waals surface area contributed by atoms with E-state index < -0.39 is 12.5 Å². The summed E-state index contributed by atoms with van der Waals surface area (Å²) in [5.41, 5.74) is 1.92. The van der Waals surface area contributed by atoms with Gasteiger partial charge in [0, 0.05) is 37.5 Å². The number of nitrogens with zero attached hydrogens (tertiary/aromatic N) is 3. The molecule has 0 unspecified atom stereocenters. The Morgan fingerprint density at radius 3 is 2.82 bits per heavy atom. The molecule has 0 saturated carbocycles. The Morgan fingerprint density at radius 2 is 2.06 bits per heavy atom. The van der Waals surface area contributed by atoms with Gasteiger partial charge in [-0.2, -0.15) is 0 Å². The number of alkyl halides is 2. The van der Waals surface area contributed by atoms with E-state index in [1.807, 2.05) is 30.0 Å². The summed E-state index contributed by atoms with van der Waals surface area (Å²) in [5.74, 6) is 0.922. The summed E-state index contributed by atoms with van der Waals surface area (Å²) in [6.45, 7) is 4.06. The maximum atomic E-state index is 13.6. The predicted octanol–water partition coefficient (Wildman–Crippen LogP) is 4.49. The molecular formula is C24H26F2N4O3. The topological polar surface area (TPSA) is 76.6 Å². The van der Waals surface area contributed by atoms with E-state index in [0.717, 1.165) is 10.9 Å². The lowest BCUT2D eigenvalue weighted by Gasteiger charge is -2.40. The van der Waals surface area contributed by atoms with Crippen molar-refractivity contribution in [2.45, 2.75) is 31.9 Å². The van der Waals surface area contributed by atoms with Crippen molar-refractivity contribution in [2.75, 3.05) is 31.2 Å². The van der Waals surface area contributed by atoms with Gasteiger partial charge >= 0.3 is 6.09 Å². The lowest BCUT2D eigenvalue weighted by molar-refractivity contribution is 0.0799. The molecule has 7 nitrogen and oxygen atoms in total. The second-order valence-corrected chi connectivity index (χ2v) is 8.42. The summed E-state index contributed by atoms with van der Waals surface area (Å²) in [4.78, 5) is 23.4. The molecule has 0 bridgehead atoms. The van der Waals surface area contributed by atoms with Crippen molar-refractivity contribution in [1.29, 1.82) is 0 Å². The monoisotopic (exact) mass is 456 g/mol. The number of anilines is 1. The maximum Gasteiger partial charge on any atom is 0.407 e. The van der Waals surface area contributed by atoms with E-state index in [4.69, 9.17) is 9.47 Å². The Bertz CT molecular complexity index is 1180. The Balaban J connectivity index is 0.00000274. The number of aromatic nitrogens is 2. The first kappa shape index (κ1) is 21.5. The first-order chi connectivity index (χ1) is 16.0. The molecule has 1 N–H and O–H groups in total. The predicted molar refractivity (Wildman–Crippen MR) is 122 cm³/mol. The van der Waals surface area contributed by atoms with E-state index in [-0.39, 0.29) is 25.0 Å². The van der Waals surface area contributed by atoms with Crippen molar-refractivity contribution in [2.24, 2.45) is 0 Å². The molecule has 0 radical (unpaired) electrons. The molecule has 3 aromatic rings. The van der Waals surface area contributed by atoms with Crippen LogP contribution in [0.1, 0.15) is 25.4 Å². The van der Waals surface area contributed by atoms with Crippen LogP contribution in [0.25, 0.3) is 22.3 Å². The molecule has 5 rings (SSSR count). The van der Waals surface area contributed by atoms with Crippen molar-refractivity contribution < 1.29 is 24.5 Å². The molecule has 0 spiro atoms. The first-order valence-electron chi connectivity index (χ1n) is 10.9. The quantitative estimate of drug-likeness (QED) is 0.610. The highest BCUT2D eigenvalue weighted by Gasteiger charge is 2.32. The number of amides is 1. The van der Waals surface area contributed by atoms with Crippen LogP contribution >= 0.6 is 0 Å². The number of benzene rings is 2. The highest BCUT2D eigenvalue weighted by molar-refractivity contribution is 5.92. The van der Waals surface area contributed by atoms with Crippen molar-refractivity contribution in [3.63, 3.8) is 0 Å². The van der Waals surface area contributed by atoms with Gasteiger partial charge in [0.25, 0.3) is 6.43 Å². The van der Waals surface area contributed by atoms with E-state index in [0.29, 0.717) is 49.6 Å². The average molecular weight is 456 g/mol. The molecule has 1 atom stereocenters. The molecule has 174 valence electrons. The number of fused-ring (bicyclic) bond motifs is 1. The highest BCUT2D eigenvalue weighted by Crippen LogP contribution is 2.34. The van der Waals surface area contributed by atoms with Crippen molar-refractivity contribution in [1.82, 2.24) is 15.3 Å². The molecule has 33 heavy (non-hydrogen) atoms. The molecule has 1 aromatic heterocycles. The lowest BCUT2D eigenvalue weighted by atomic mass is 10.0. The van der Waals surface area contributed by atoms with Crippen molar-refractivity contribution in [3.05, 3.63) is 53.6 Å². The SMILES string of the molecule is Cc1ccc2c(N3CC(NC(=O)O[C@H]4CCOC4)C3)nc(-c3ccccc3C(F)F)nc2c1.[HH]. The fourth-order valence-corrected chi connectivity index (χ4v) is 4.18. The van der Waals surface area contributed by atoms with Gasteiger partial charge in [-0.15, -0.1) is 0 Å². The van der Waals surface area contributed by atoms with E-state index in [1.165, 1.54) is 6.07 Å². The Kier molecular flexibility index (Phi) is 5.80. The van der Waals surface area contributed by atoms with Crippen LogP contribution in [-0.4, -0.2) is 54.5 Å². The van der Waals surface area contributed by atoms with Gasteiger partial charge in [-0.05, 0) is 24.6 Å². The molecule has 2 saturated heterocycles. The van der Waals surface area contributed by atoms with Gasteiger partial charge in [0.15, 0.2) is 5.82 Å². The summed E-state index contributed by atoms with van der Waals surface area (Å²) in [7, 11) is 0. The Labute approximate surface area is 191 Å². The van der Waals surface area contributed by atoms with Gasteiger partial charge in [-0.1, -0.05) is 30.3 Å². The minimum absolute atomic E-state index is 0. The van der Waals surface area contributed by atoms with Crippen LogP contribution in [0, 0.1) is 6.92 Å². The minimum Gasteiger partial charge on any atom is -0.444 e. The summed E-state index contributed by atoms with van der Waals surface area (Å²) < 4.78 is 37.8. The number of nitrogens with one attached hydrogen (secondary N) is 1. The van der Waals surface area contributed by atoms with Crippen molar-refractivity contribution in [3.8, 4) is 11.4 Å². The Hall–Kier alpha value is -3.33. The smallest absolute Gasteiger partial charge is 0.407 e. The second-order valence-electron chi connectivity index (χ2n) is 8.42. The third-order valence-corrected chi connectivity index (χ3v) is 5.93. The van der Waals surface area contributed by atoms with E-state index >= 15 is 0 Å². The van der Waals surface area contributed by atoms with Crippen molar-refractivity contribution >= 4 is 22.8 Å². The summed E-state index contributed by atoms with van der Waals surface area (Å²) >= 11 is 0. The number of ether oxygens (including phenoxy) is 2. The normalized spacial score (nSPS) is 18.5. The van der Waals surface area contributed by atoms with Crippen LogP contribution in [0.5, 0.6) is 0 Å². The number of aryl methyl sites for hydroxylation is 1. The zero-order valence-corrected chi connectivity index (χ0v) is 18.1. The molecule has 2 aliphatic rings. The first-order valence-corrected chi connectivity index (χ1v) is 10.9. The summed E-state index contributed by atoms with van der Waals surface area (Å²) in [6.07, 6.45) is -2.58. The number of rotatable bonds is 5. The van der Waals surface area contributed by atoms with Crippen LogP contribution in [-0.2, 0) is 9.47 Å². The highest BCUT2D eigenvalue weighted by atomic mass is 19.3. The standard InChI is InChI=1S/C24H24F2N4O3.H2/c1-14-6-7-19-20(10-14)28-22(18-5-3-2-4-17(18)21(25)26)29-23(19)30-11-15(12-30)27-24(31)33-16-8-9-32-13-16;/h2-7,10,15-16,21H,8-9,11-13H2,1H3,(H,27,31);1H/t16-;/m0./s1. The van der Waals surface area contributed by atoms with Crippen LogP contribution < -0.4 is 10.2 Å². The minimum atomic E-state index is -2.63. The summed E-state index contributed by atoms with van der Waals surface area (Å²) in [5, 5.41) is 3.71. The number of alkyl carbamates (subject to hydrolysis) is 1. The zero-order valence-electron chi connectivity index (χ0n) is 18.1. The van der Waals surface area contributed by atoms with E-state index in [2.05, 4.69) is 15.3 Å². The summed E-state index contributed by atoms with van der Waals surface area (Å²) in [6, 6.07) is 12.0. The van der Waals surface area contributed by atoms with E-state index in [1.54, 1.807) is 18.2 Å².